The third-order valence-corrected chi connectivity index (χ3v) is 5.61. The normalized spacial score (nSPS) is 25.7. The first kappa shape index (κ1) is 12.6. The van der Waals surface area contributed by atoms with Crippen molar-refractivity contribution in [2.45, 2.75) is 57.4 Å². The van der Waals surface area contributed by atoms with E-state index >= 15 is 0 Å². The van der Waals surface area contributed by atoms with Crippen molar-refractivity contribution < 1.29 is 4.74 Å². The molecule has 0 aromatic rings. The van der Waals surface area contributed by atoms with E-state index in [9.17, 15) is 0 Å². The zero-order chi connectivity index (χ0) is 11.6. The van der Waals surface area contributed by atoms with Crippen LogP contribution in [-0.4, -0.2) is 33.9 Å². The summed E-state index contributed by atoms with van der Waals surface area (Å²) in [6.45, 7) is 10.7. The third kappa shape index (κ3) is 3.86. The Morgan fingerprint density at radius 1 is 1.19 bits per heavy atom. The molecular formula is C13H27NOSi. The molecule has 1 aliphatic heterocycles. The van der Waals surface area contributed by atoms with Gasteiger partial charge in [0.2, 0.25) is 0 Å². The molecule has 1 saturated heterocycles. The highest BCUT2D eigenvalue weighted by molar-refractivity contribution is 6.76. The SMILES string of the molecule is C[Si](C)(C)CC1(CNC2CC2)CCOCC1. The average molecular weight is 241 g/mol. The fourth-order valence-corrected chi connectivity index (χ4v) is 5.72. The molecule has 0 bridgehead atoms. The van der Waals surface area contributed by atoms with Crippen LogP contribution in [0.15, 0.2) is 0 Å². The van der Waals surface area contributed by atoms with Gasteiger partial charge in [-0.15, -0.1) is 0 Å². The van der Waals surface area contributed by atoms with Crippen LogP contribution in [0.25, 0.3) is 0 Å². The first-order valence-corrected chi connectivity index (χ1v) is 10.5. The van der Waals surface area contributed by atoms with Gasteiger partial charge in [0.15, 0.2) is 0 Å². The molecule has 2 rings (SSSR count). The largest absolute Gasteiger partial charge is 0.381 e. The first-order valence-electron chi connectivity index (χ1n) is 6.80. The highest BCUT2D eigenvalue weighted by atomic mass is 28.3. The highest BCUT2D eigenvalue weighted by Gasteiger charge is 2.37. The predicted octanol–water partition coefficient (Wildman–Crippen LogP) is 2.87. The van der Waals surface area contributed by atoms with Crippen molar-refractivity contribution in [1.82, 2.24) is 5.32 Å². The Bertz CT molecular complexity index is 227. The maximum atomic E-state index is 5.55. The smallest absolute Gasteiger partial charge is 0.0471 e. The Morgan fingerprint density at radius 2 is 1.81 bits per heavy atom. The lowest BCUT2D eigenvalue weighted by Gasteiger charge is -2.41. The average Bonchev–Trinajstić information content (AvgIpc) is 2.97. The molecule has 0 aromatic carbocycles. The zero-order valence-electron chi connectivity index (χ0n) is 11.1. The minimum Gasteiger partial charge on any atom is -0.381 e. The van der Waals surface area contributed by atoms with Crippen LogP contribution in [0.3, 0.4) is 0 Å². The lowest BCUT2D eigenvalue weighted by molar-refractivity contribution is 0.0234. The number of ether oxygens (including phenoxy) is 1. The van der Waals surface area contributed by atoms with Crippen LogP contribution in [0, 0.1) is 5.41 Å². The van der Waals surface area contributed by atoms with Gasteiger partial charge < -0.3 is 10.1 Å². The summed E-state index contributed by atoms with van der Waals surface area (Å²) in [5.74, 6) is 0. The molecule has 2 nitrogen and oxygen atoms in total. The van der Waals surface area contributed by atoms with Gasteiger partial charge in [0, 0.05) is 33.9 Å². The molecule has 2 aliphatic rings. The zero-order valence-corrected chi connectivity index (χ0v) is 12.1. The Morgan fingerprint density at radius 3 is 2.31 bits per heavy atom. The number of hydrogen-bond acceptors (Lipinski definition) is 2. The molecule has 0 amide bonds. The maximum Gasteiger partial charge on any atom is 0.0471 e. The molecule has 1 saturated carbocycles. The summed E-state index contributed by atoms with van der Waals surface area (Å²) >= 11 is 0. The fraction of sp³-hybridized carbons (Fsp3) is 1.00. The molecule has 0 atom stereocenters. The molecule has 1 aliphatic carbocycles. The maximum absolute atomic E-state index is 5.55. The molecule has 1 heterocycles. The van der Waals surface area contributed by atoms with Crippen molar-refractivity contribution in [3.8, 4) is 0 Å². The lowest BCUT2D eigenvalue weighted by atomic mass is 9.82. The van der Waals surface area contributed by atoms with Crippen molar-refractivity contribution in [3.05, 3.63) is 0 Å². The molecule has 0 radical (unpaired) electrons. The number of nitrogens with one attached hydrogen (secondary N) is 1. The summed E-state index contributed by atoms with van der Waals surface area (Å²) in [7, 11) is -0.964. The second-order valence-electron chi connectivity index (χ2n) is 7.00. The van der Waals surface area contributed by atoms with Crippen LogP contribution < -0.4 is 5.32 Å². The van der Waals surface area contributed by atoms with E-state index in [-0.39, 0.29) is 0 Å². The molecule has 2 fully saturated rings. The summed E-state index contributed by atoms with van der Waals surface area (Å²) < 4.78 is 5.55. The van der Waals surface area contributed by atoms with Crippen molar-refractivity contribution >= 4 is 8.07 Å². The van der Waals surface area contributed by atoms with Gasteiger partial charge >= 0.3 is 0 Å². The molecule has 3 heteroatoms. The standard InChI is InChI=1S/C13H27NOSi/c1-16(2,3)11-13(6-8-15-9-7-13)10-14-12-4-5-12/h12,14H,4-11H2,1-3H3. The minimum absolute atomic E-state index is 0.561. The Balaban J connectivity index is 1.92. The van der Waals surface area contributed by atoms with Crippen molar-refractivity contribution in [2.24, 2.45) is 5.41 Å². The van der Waals surface area contributed by atoms with Crippen molar-refractivity contribution in [1.29, 1.82) is 0 Å². The van der Waals surface area contributed by atoms with Gasteiger partial charge in [0.1, 0.15) is 0 Å². The van der Waals surface area contributed by atoms with Gasteiger partial charge in [0.05, 0.1) is 0 Å². The van der Waals surface area contributed by atoms with E-state index in [0.29, 0.717) is 5.41 Å². The summed E-state index contributed by atoms with van der Waals surface area (Å²) in [6, 6.07) is 2.31. The fourth-order valence-electron chi connectivity index (χ4n) is 2.99. The van der Waals surface area contributed by atoms with Gasteiger partial charge in [-0.3, -0.25) is 0 Å². The van der Waals surface area contributed by atoms with Crippen LogP contribution in [0.5, 0.6) is 0 Å². The van der Waals surface area contributed by atoms with Gasteiger partial charge in [-0.1, -0.05) is 25.7 Å². The van der Waals surface area contributed by atoms with Gasteiger partial charge in [-0.05, 0) is 31.1 Å². The van der Waals surface area contributed by atoms with Crippen LogP contribution >= 0.6 is 0 Å². The Hall–Kier alpha value is 0.137. The summed E-state index contributed by atoms with van der Waals surface area (Å²) in [6.07, 6.45) is 5.35. The van der Waals surface area contributed by atoms with E-state index in [0.717, 1.165) is 19.3 Å². The summed E-state index contributed by atoms with van der Waals surface area (Å²) in [4.78, 5) is 0. The molecular weight excluding hydrogens is 214 g/mol. The molecule has 0 spiro atoms. The summed E-state index contributed by atoms with van der Waals surface area (Å²) in [5, 5.41) is 3.76. The van der Waals surface area contributed by atoms with Crippen molar-refractivity contribution in [3.63, 3.8) is 0 Å². The highest BCUT2D eigenvalue weighted by Crippen LogP contribution is 2.39. The Kier molecular flexibility index (Phi) is 3.77. The van der Waals surface area contributed by atoms with Gasteiger partial charge in [-0.2, -0.15) is 0 Å². The summed E-state index contributed by atoms with van der Waals surface area (Å²) in [5.41, 5.74) is 0.561. The molecule has 1 N–H and O–H groups in total. The number of hydrogen-bond donors (Lipinski definition) is 1. The quantitative estimate of drug-likeness (QED) is 0.747. The molecule has 94 valence electrons. The second-order valence-corrected chi connectivity index (χ2v) is 12.5. The van der Waals surface area contributed by atoms with E-state index in [1.54, 1.807) is 0 Å². The molecule has 16 heavy (non-hydrogen) atoms. The lowest BCUT2D eigenvalue weighted by Crippen LogP contribution is -2.44. The molecule has 0 aromatic heterocycles. The predicted molar refractivity (Wildman–Crippen MR) is 71.7 cm³/mol. The van der Waals surface area contributed by atoms with E-state index in [4.69, 9.17) is 4.74 Å². The topological polar surface area (TPSA) is 21.3 Å². The third-order valence-electron chi connectivity index (χ3n) is 3.80. The monoisotopic (exact) mass is 241 g/mol. The van der Waals surface area contributed by atoms with Gasteiger partial charge in [-0.25, -0.2) is 0 Å². The van der Waals surface area contributed by atoms with E-state index in [1.807, 2.05) is 0 Å². The van der Waals surface area contributed by atoms with Crippen LogP contribution in [0.2, 0.25) is 25.7 Å². The first-order chi connectivity index (χ1) is 7.49. The van der Waals surface area contributed by atoms with Gasteiger partial charge in [0.25, 0.3) is 0 Å². The minimum atomic E-state index is -0.964. The van der Waals surface area contributed by atoms with E-state index in [2.05, 4.69) is 25.0 Å². The van der Waals surface area contributed by atoms with E-state index < -0.39 is 8.07 Å². The molecule has 0 unspecified atom stereocenters. The van der Waals surface area contributed by atoms with Crippen LogP contribution in [0.1, 0.15) is 25.7 Å². The van der Waals surface area contributed by atoms with Crippen LogP contribution in [0.4, 0.5) is 0 Å². The van der Waals surface area contributed by atoms with E-state index in [1.165, 1.54) is 38.3 Å². The number of rotatable bonds is 5. The second kappa shape index (κ2) is 4.79. The Labute approximate surface area is 101 Å². The van der Waals surface area contributed by atoms with Crippen molar-refractivity contribution in [2.75, 3.05) is 19.8 Å². The van der Waals surface area contributed by atoms with Crippen LogP contribution in [-0.2, 0) is 4.74 Å².